The Morgan fingerprint density at radius 3 is 3.29 bits per heavy atom. The molecule has 0 amide bonds. The van der Waals surface area contributed by atoms with Gasteiger partial charge in [-0.3, -0.25) is 4.98 Å². The molecule has 0 saturated carbocycles. The van der Waals surface area contributed by atoms with Crippen LogP contribution in [0.25, 0.3) is 0 Å². The molecule has 1 heterocycles. The topological polar surface area (TPSA) is 38.9 Å². The van der Waals surface area contributed by atoms with E-state index >= 15 is 0 Å². The van der Waals surface area contributed by atoms with Crippen LogP contribution in [-0.2, 0) is 0 Å². The smallest absolute Gasteiger partial charge is 0.156 e. The van der Waals surface area contributed by atoms with Crippen molar-refractivity contribution in [2.24, 2.45) is 0 Å². The molecular weight excluding hydrogens is 88.1 g/mol. The number of hydrogen-bond donors (Lipinski definition) is 1. The molecule has 36 valence electrons. The van der Waals surface area contributed by atoms with E-state index in [-0.39, 0.29) is 0 Å². The van der Waals surface area contributed by atoms with Gasteiger partial charge < -0.3 is 5.72 Å². The molecule has 0 saturated heterocycles. The van der Waals surface area contributed by atoms with Crippen LogP contribution in [0, 0.1) is 0 Å². The van der Waals surface area contributed by atoms with Gasteiger partial charge in [-0.2, -0.15) is 0 Å². The Hall–Kier alpha value is -1.05. The molecule has 2 heteroatoms. The number of hydrogen-bond acceptors (Lipinski definition) is 2. The van der Waals surface area contributed by atoms with Gasteiger partial charge in [0.1, 0.15) is 0 Å². The molecule has 1 aromatic heterocycles. The van der Waals surface area contributed by atoms with Gasteiger partial charge >= 0.3 is 0 Å². The van der Waals surface area contributed by atoms with Crippen molar-refractivity contribution >= 4 is 5.69 Å². The third-order valence-corrected chi connectivity index (χ3v) is 0.646. The van der Waals surface area contributed by atoms with Crippen LogP contribution in [0.15, 0.2) is 24.5 Å². The van der Waals surface area contributed by atoms with Gasteiger partial charge in [-0.25, -0.2) is 0 Å². The van der Waals surface area contributed by atoms with E-state index in [0.717, 1.165) is 0 Å². The van der Waals surface area contributed by atoms with Gasteiger partial charge in [-0.1, -0.05) is 0 Å². The first kappa shape index (κ1) is 2.31. The molecule has 0 fully saturated rings. The lowest BCUT2D eigenvalue weighted by atomic mass is 10.4. The zero-order chi connectivity index (χ0) is 6.69. The average molecular weight is 96.1 g/mol. The monoisotopic (exact) mass is 96.1 g/mol. The van der Waals surface area contributed by atoms with Crippen LogP contribution in [-0.4, -0.2) is 4.98 Å². The summed E-state index contributed by atoms with van der Waals surface area (Å²) in [7, 11) is 0. The summed E-state index contributed by atoms with van der Waals surface area (Å²) in [6.07, 6.45) is 3.06. The van der Waals surface area contributed by atoms with Crippen molar-refractivity contribution in [1.82, 2.24) is 4.98 Å². The molecule has 1 aromatic rings. The van der Waals surface area contributed by atoms with Gasteiger partial charge in [0.05, 0.1) is 5.69 Å². The molecule has 0 spiro atoms. The van der Waals surface area contributed by atoms with Crippen molar-refractivity contribution in [3.8, 4) is 0 Å². The first-order chi connectivity index (χ1) is 4.30. The Balaban J connectivity index is 2.85. The summed E-state index contributed by atoms with van der Waals surface area (Å²) in [4.78, 5) is 3.72. The van der Waals surface area contributed by atoms with Gasteiger partial charge in [-0.15, -0.1) is 0 Å². The Bertz CT molecular complexity index is 176. The van der Waals surface area contributed by atoms with E-state index in [1.165, 1.54) is 6.20 Å². The Kier molecular flexibility index (Phi) is 0.527. The maximum absolute atomic E-state index is 6.78. The number of rotatable bonds is 1. The summed E-state index contributed by atoms with van der Waals surface area (Å²) >= 11 is 0. The van der Waals surface area contributed by atoms with Crippen molar-refractivity contribution in [1.29, 1.82) is 0 Å². The number of anilines is 1. The normalized spacial score (nSPS) is 12.0. The molecule has 1 rings (SSSR count). The molecule has 7 heavy (non-hydrogen) atoms. The minimum Gasteiger partial charge on any atom is -0.397 e. The maximum atomic E-state index is 6.78. The fourth-order valence-electron chi connectivity index (χ4n) is 0.354. The molecule has 2 nitrogen and oxygen atoms in total. The largest absolute Gasteiger partial charge is 0.397 e. The van der Waals surface area contributed by atoms with Gasteiger partial charge in [0, 0.05) is 12.4 Å². The van der Waals surface area contributed by atoms with Gasteiger partial charge in [0.2, 0.25) is 0 Å². The number of nitrogens with zero attached hydrogens (tertiary/aromatic N) is 1. The lowest BCUT2D eigenvalue weighted by molar-refractivity contribution is 1.33. The van der Waals surface area contributed by atoms with E-state index in [0.29, 0.717) is 11.4 Å². The van der Waals surface area contributed by atoms with E-state index in [2.05, 4.69) is 4.98 Å². The molecule has 0 atom stereocenters. The lowest BCUT2D eigenvalue weighted by Gasteiger charge is -1.83. The van der Waals surface area contributed by atoms with Crippen LogP contribution in [0.5, 0.6) is 0 Å². The predicted molar refractivity (Wildman–Crippen MR) is 28.6 cm³/mol. The van der Waals surface area contributed by atoms with Crippen LogP contribution in [0.3, 0.4) is 0 Å². The molecule has 2 N–H and O–H groups in total. The van der Waals surface area contributed by atoms with E-state index < -0.39 is 0 Å². The van der Waals surface area contributed by atoms with Crippen molar-refractivity contribution in [3.05, 3.63) is 24.5 Å². The Morgan fingerprint density at radius 1 is 1.86 bits per heavy atom. The lowest BCUT2D eigenvalue weighted by Crippen LogP contribution is -1.82. The van der Waals surface area contributed by atoms with Gasteiger partial charge in [0.25, 0.3) is 0 Å². The van der Waals surface area contributed by atoms with E-state index in [9.17, 15) is 0 Å². The maximum Gasteiger partial charge on any atom is 0.156 e. The number of aromatic nitrogens is 1. The van der Waals surface area contributed by atoms with Gasteiger partial charge in [-0.05, 0) is 12.1 Å². The first-order valence-corrected chi connectivity index (χ1v) is 1.98. The SMILES string of the molecule is [2H]N([2H])c1cccnc1. The molecule has 0 bridgehead atoms. The first-order valence-electron chi connectivity index (χ1n) is 2.88. The van der Waals surface area contributed by atoms with E-state index in [1.54, 1.807) is 18.3 Å². The standard InChI is InChI=1S/C5H6N2/c6-5-2-1-3-7-4-5/h1-4H,6H2/i/hD2. The van der Waals surface area contributed by atoms with Crippen LogP contribution in [0.4, 0.5) is 5.69 Å². The van der Waals surface area contributed by atoms with Crippen LogP contribution < -0.4 is 5.72 Å². The molecule has 0 aliphatic carbocycles. The fourth-order valence-corrected chi connectivity index (χ4v) is 0.354. The second kappa shape index (κ2) is 1.60. The predicted octanol–water partition coefficient (Wildman–Crippen LogP) is 0.664. The van der Waals surface area contributed by atoms with Crippen molar-refractivity contribution in [3.63, 3.8) is 0 Å². The molecule has 0 aromatic carbocycles. The van der Waals surface area contributed by atoms with Crippen LogP contribution in [0.2, 0.25) is 2.82 Å². The third kappa shape index (κ3) is 0.892. The summed E-state index contributed by atoms with van der Waals surface area (Å²) in [5.74, 6) is 0. The average Bonchev–Trinajstić information content (AvgIpc) is 1.90. The number of pyridine rings is 1. The molecule has 0 radical (unpaired) electrons. The van der Waals surface area contributed by atoms with Gasteiger partial charge in [0.15, 0.2) is 2.82 Å². The number of nitrogens with two attached hydrogens (primary N) is 1. The summed E-state index contributed by atoms with van der Waals surface area (Å²) < 4.78 is 13.6. The molecular formula is C5H6N2. The quantitative estimate of drug-likeness (QED) is 0.558. The highest BCUT2D eigenvalue weighted by Crippen LogP contribution is 1.92. The second-order valence-electron chi connectivity index (χ2n) is 1.21. The summed E-state index contributed by atoms with van der Waals surface area (Å²) in [6.45, 7) is 0. The van der Waals surface area contributed by atoms with Crippen molar-refractivity contribution < 1.29 is 2.82 Å². The van der Waals surface area contributed by atoms with E-state index in [4.69, 9.17) is 2.82 Å². The van der Waals surface area contributed by atoms with E-state index in [1.807, 2.05) is 0 Å². The highest BCUT2D eigenvalue weighted by atomic mass is 14.7. The highest BCUT2D eigenvalue weighted by Gasteiger charge is 1.73. The Labute approximate surface area is 44.9 Å². The highest BCUT2D eigenvalue weighted by molar-refractivity contribution is 5.32. The molecule has 0 aliphatic rings. The zero-order valence-electron chi connectivity index (χ0n) is 5.70. The minimum absolute atomic E-state index is 0.470. The van der Waals surface area contributed by atoms with Crippen molar-refractivity contribution in [2.75, 3.05) is 5.72 Å². The van der Waals surface area contributed by atoms with Crippen LogP contribution >= 0.6 is 0 Å². The summed E-state index contributed by atoms with van der Waals surface area (Å²) in [5.41, 5.74) is 0.991. The zero-order valence-corrected chi connectivity index (χ0v) is 3.70. The minimum atomic E-state index is 0.470. The van der Waals surface area contributed by atoms with Crippen LogP contribution in [0.1, 0.15) is 0 Å². The Morgan fingerprint density at radius 2 is 2.86 bits per heavy atom. The summed E-state index contributed by atoms with van der Waals surface area (Å²) in [6, 6.07) is 3.33. The summed E-state index contributed by atoms with van der Waals surface area (Å²) in [5, 5.41) is 0. The molecule has 0 unspecified atom stereocenters. The fraction of sp³-hybridized carbons (Fsp3) is 0. The molecule has 0 aliphatic heterocycles. The second-order valence-corrected chi connectivity index (χ2v) is 1.21. The van der Waals surface area contributed by atoms with Crippen molar-refractivity contribution in [2.45, 2.75) is 0 Å². The number of nitrogen functional groups attached to an aromatic ring is 1. The third-order valence-electron chi connectivity index (χ3n) is 0.646.